The lowest BCUT2D eigenvalue weighted by atomic mass is 10.1. The minimum absolute atomic E-state index is 0.124. The van der Waals surface area contributed by atoms with Crippen LogP contribution >= 0.6 is 0 Å². The monoisotopic (exact) mass is 296 g/mol. The number of nitrogens with one attached hydrogen (secondary N) is 2. The fourth-order valence-corrected chi connectivity index (χ4v) is 3.92. The predicted molar refractivity (Wildman–Crippen MR) is 76.4 cm³/mol. The second-order valence-electron chi connectivity index (χ2n) is 5.55. The van der Waals surface area contributed by atoms with Crippen molar-refractivity contribution in [1.82, 2.24) is 10.0 Å². The van der Waals surface area contributed by atoms with Gasteiger partial charge in [-0.3, -0.25) is 0 Å². The standard InChI is InChI=1S/C14H20N2O3S/c1-10-7-11-8-13(4-5-14(11)19-10)20(17,18)16-9-12-3-2-6-15-12/h4-5,8,10,12,15-16H,2-3,6-7,9H2,1H3. The maximum atomic E-state index is 12.3. The van der Waals surface area contributed by atoms with Gasteiger partial charge in [0.25, 0.3) is 0 Å². The van der Waals surface area contributed by atoms with Crippen molar-refractivity contribution < 1.29 is 13.2 Å². The van der Waals surface area contributed by atoms with Gasteiger partial charge in [-0.1, -0.05) is 0 Å². The van der Waals surface area contributed by atoms with Crippen LogP contribution in [0.15, 0.2) is 23.1 Å². The molecule has 0 aromatic heterocycles. The third-order valence-corrected chi connectivity index (χ3v) is 5.28. The topological polar surface area (TPSA) is 67.4 Å². The van der Waals surface area contributed by atoms with Gasteiger partial charge in [0.1, 0.15) is 11.9 Å². The smallest absolute Gasteiger partial charge is 0.240 e. The zero-order valence-corrected chi connectivity index (χ0v) is 12.4. The van der Waals surface area contributed by atoms with E-state index in [1.165, 1.54) is 0 Å². The number of hydrogen-bond donors (Lipinski definition) is 2. The van der Waals surface area contributed by atoms with Crippen LogP contribution in [0.25, 0.3) is 0 Å². The summed E-state index contributed by atoms with van der Waals surface area (Å²) in [4.78, 5) is 0.326. The molecule has 3 rings (SSSR count). The number of benzene rings is 1. The van der Waals surface area contributed by atoms with Crippen molar-refractivity contribution in [3.05, 3.63) is 23.8 Å². The number of ether oxygens (including phenoxy) is 1. The van der Waals surface area contributed by atoms with E-state index in [2.05, 4.69) is 10.0 Å². The van der Waals surface area contributed by atoms with E-state index in [4.69, 9.17) is 4.74 Å². The van der Waals surface area contributed by atoms with E-state index < -0.39 is 10.0 Å². The van der Waals surface area contributed by atoms with Gasteiger partial charge < -0.3 is 10.1 Å². The first kappa shape index (κ1) is 13.9. The fraction of sp³-hybridized carbons (Fsp3) is 0.571. The number of hydrogen-bond acceptors (Lipinski definition) is 4. The Labute approximate surface area is 119 Å². The Bertz CT molecular complexity index is 594. The maximum Gasteiger partial charge on any atom is 0.240 e. The first-order valence-electron chi connectivity index (χ1n) is 7.07. The molecular formula is C14H20N2O3S. The molecule has 2 atom stereocenters. The molecule has 1 fully saturated rings. The first-order valence-corrected chi connectivity index (χ1v) is 8.55. The van der Waals surface area contributed by atoms with Crippen LogP contribution in [-0.4, -0.2) is 33.7 Å². The third-order valence-electron chi connectivity index (χ3n) is 3.86. The highest BCUT2D eigenvalue weighted by Gasteiger charge is 2.23. The zero-order chi connectivity index (χ0) is 14.2. The van der Waals surface area contributed by atoms with E-state index in [-0.39, 0.29) is 12.1 Å². The highest BCUT2D eigenvalue weighted by Crippen LogP contribution is 2.30. The van der Waals surface area contributed by atoms with Crippen molar-refractivity contribution >= 4 is 10.0 Å². The minimum atomic E-state index is -3.43. The molecule has 5 nitrogen and oxygen atoms in total. The molecule has 0 radical (unpaired) electrons. The molecule has 0 saturated carbocycles. The molecule has 0 amide bonds. The maximum absolute atomic E-state index is 12.3. The van der Waals surface area contributed by atoms with E-state index in [0.717, 1.165) is 37.1 Å². The number of rotatable bonds is 4. The molecule has 1 aromatic rings. The molecule has 20 heavy (non-hydrogen) atoms. The average molecular weight is 296 g/mol. The van der Waals surface area contributed by atoms with Gasteiger partial charge in [0.2, 0.25) is 10.0 Å². The highest BCUT2D eigenvalue weighted by molar-refractivity contribution is 7.89. The molecule has 0 bridgehead atoms. The summed E-state index contributed by atoms with van der Waals surface area (Å²) in [6.07, 6.45) is 3.03. The molecule has 2 N–H and O–H groups in total. The van der Waals surface area contributed by atoms with E-state index in [9.17, 15) is 8.42 Å². The van der Waals surface area contributed by atoms with Crippen molar-refractivity contribution in [3.8, 4) is 5.75 Å². The van der Waals surface area contributed by atoms with Gasteiger partial charge >= 0.3 is 0 Å². The van der Waals surface area contributed by atoms with Gasteiger partial charge in [-0.2, -0.15) is 0 Å². The summed E-state index contributed by atoms with van der Waals surface area (Å²) in [5, 5.41) is 3.28. The van der Waals surface area contributed by atoms with Gasteiger partial charge in [0.05, 0.1) is 4.90 Å². The molecular weight excluding hydrogens is 276 g/mol. The lowest BCUT2D eigenvalue weighted by Gasteiger charge is -2.12. The Kier molecular flexibility index (Phi) is 3.70. The Morgan fingerprint density at radius 1 is 1.45 bits per heavy atom. The second kappa shape index (κ2) is 5.35. The third kappa shape index (κ3) is 2.82. The molecule has 1 saturated heterocycles. The normalized spacial score (nSPS) is 25.4. The van der Waals surface area contributed by atoms with Crippen molar-refractivity contribution in [2.24, 2.45) is 0 Å². The van der Waals surface area contributed by atoms with Gasteiger partial charge in [0.15, 0.2) is 0 Å². The van der Waals surface area contributed by atoms with E-state index in [0.29, 0.717) is 11.4 Å². The van der Waals surface area contributed by atoms with Crippen molar-refractivity contribution in [1.29, 1.82) is 0 Å². The molecule has 2 aliphatic rings. The summed E-state index contributed by atoms with van der Waals surface area (Å²) in [7, 11) is -3.43. The molecule has 2 unspecified atom stereocenters. The average Bonchev–Trinajstić information content (AvgIpc) is 3.03. The van der Waals surface area contributed by atoms with Gasteiger partial charge in [-0.05, 0) is 50.1 Å². The van der Waals surface area contributed by atoms with Crippen LogP contribution < -0.4 is 14.8 Å². The quantitative estimate of drug-likeness (QED) is 0.871. The highest BCUT2D eigenvalue weighted by atomic mass is 32.2. The Balaban J connectivity index is 1.72. The van der Waals surface area contributed by atoms with Crippen LogP contribution in [0.3, 0.4) is 0 Å². The number of sulfonamides is 1. The second-order valence-corrected chi connectivity index (χ2v) is 7.31. The van der Waals surface area contributed by atoms with Crippen molar-refractivity contribution in [2.75, 3.05) is 13.1 Å². The SMILES string of the molecule is CC1Cc2cc(S(=O)(=O)NCC3CCCN3)ccc2O1. The van der Waals surface area contributed by atoms with Gasteiger partial charge in [-0.25, -0.2) is 13.1 Å². The largest absolute Gasteiger partial charge is 0.490 e. The molecule has 2 aliphatic heterocycles. The van der Waals surface area contributed by atoms with E-state index >= 15 is 0 Å². The zero-order valence-electron chi connectivity index (χ0n) is 11.6. The lowest BCUT2D eigenvalue weighted by molar-refractivity contribution is 0.254. The molecule has 110 valence electrons. The van der Waals surface area contributed by atoms with Crippen LogP contribution in [0, 0.1) is 0 Å². The van der Waals surface area contributed by atoms with Gasteiger partial charge in [0, 0.05) is 19.0 Å². The molecule has 0 spiro atoms. The van der Waals surface area contributed by atoms with Crippen LogP contribution in [0.5, 0.6) is 5.75 Å². The lowest BCUT2D eigenvalue weighted by Crippen LogP contribution is -2.37. The Morgan fingerprint density at radius 3 is 3.05 bits per heavy atom. The van der Waals surface area contributed by atoms with E-state index in [1.807, 2.05) is 6.92 Å². The molecule has 1 aromatic carbocycles. The van der Waals surface area contributed by atoms with Crippen LogP contribution in [-0.2, 0) is 16.4 Å². The summed E-state index contributed by atoms with van der Waals surface area (Å²) in [5.74, 6) is 0.800. The number of fused-ring (bicyclic) bond motifs is 1. The summed E-state index contributed by atoms with van der Waals surface area (Å²) >= 11 is 0. The van der Waals surface area contributed by atoms with E-state index in [1.54, 1.807) is 18.2 Å². The predicted octanol–water partition coefficient (Wildman–Crippen LogP) is 1.04. The van der Waals surface area contributed by atoms with Crippen LogP contribution in [0.2, 0.25) is 0 Å². The molecule has 0 aliphatic carbocycles. The molecule has 6 heteroatoms. The molecule has 2 heterocycles. The van der Waals surface area contributed by atoms with Crippen LogP contribution in [0.1, 0.15) is 25.3 Å². The fourth-order valence-electron chi connectivity index (χ4n) is 2.79. The summed E-state index contributed by atoms with van der Waals surface area (Å²) in [6.45, 7) is 3.41. The summed E-state index contributed by atoms with van der Waals surface area (Å²) < 4.78 is 32.9. The van der Waals surface area contributed by atoms with Crippen molar-refractivity contribution in [2.45, 2.75) is 43.2 Å². The minimum Gasteiger partial charge on any atom is -0.490 e. The summed E-state index contributed by atoms with van der Waals surface area (Å²) in [5.41, 5.74) is 0.972. The van der Waals surface area contributed by atoms with Crippen molar-refractivity contribution in [3.63, 3.8) is 0 Å². The van der Waals surface area contributed by atoms with Crippen LogP contribution in [0.4, 0.5) is 0 Å². The first-order chi connectivity index (χ1) is 9.54. The Morgan fingerprint density at radius 2 is 2.30 bits per heavy atom. The Hall–Kier alpha value is -1.11. The summed E-state index contributed by atoms with van der Waals surface area (Å²) in [6, 6.07) is 5.34. The van der Waals surface area contributed by atoms with Gasteiger partial charge in [-0.15, -0.1) is 0 Å².